The zero-order chi connectivity index (χ0) is 18.0. The van der Waals surface area contributed by atoms with Crippen LogP contribution in [0.4, 0.5) is 5.69 Å². The van der Waals surface area contributed by atoms with Crippen molar-refractivity contribution >= 4 is 17.6 Å². The Bertz CT molecular complexity index is 789. The van der Waals surface area contributed by atoms with Gasteiger partial charge in [0.15, 0.2) is 0 Å². The summed E-state index contributed by atoms with van der Waals surface area (Å²) >= 11 is 0. The first-order valence-electron chi connectivity index (χ1n) is 8.62. The van der Waals surface area contributed by atoms with Crippen molar-refractivity contribution in [2.75, 3.05) is 5.32 Å². The van der Waals surface area contributed by atoms with Crippen molar-refractivity contribution in [3.63, 3.8) is 0 Å². The Morgan fingerprint density at radius 1 is 1.12 bits per heavy atom. The molecular weight excluding hydrogens is 318 g/mol. The summed E-state index contributed by atoms with van der Waals surface area (Å²) in [6.45, 7) is 3.91. The number of aryl methyl sites for hydroxylation is 2. The molecule has 3 rings (SSSR count). The van der Waals surface area contributed by atoms with Crippen molar-refractivity contribution in [3.8, 4) is 5.69 Å². The van der Waals surface area contributed by atoms with Gasteiger partial charge in [0, 0.05) is 11.6 Å². The van der Waals surface area contributed by atoms with E-state index < -0.39 is 5.97 Å². The molecule has 0 aliphatic heterocycles. The van der Waals surface area contributed by atoms with Crippen LogP contribution in [0.2, 0.25) is 0 Å². The number of aromatic nitrogens is 2. The molecule has 6 heteroatoms. The molecule has 0 bridgehead atoms. The van der Waals surface area contributed by atoms with Gasteiger partial charge in [-0.25, -0.2) is 4.68 Å². The van der Waals surface area contributed by atoms with Crippen LogP contribution in [-0.4, -0.2) is 26.8 Å². The first-order chi connectivity index (χ1) is 12.0. The molecule has 1 heterocycles. The third-order valence-electron chi connectivity index (χ3n) is 4.85. The maximum atomic E-state index is 12.6. The summed E-state index contributed by atoms with van der Waals surface area (Å²) in [5, 5.41) is 16.6. The van der Waals surface area contributed by atoms with Crippen molar-refractivity contribution in [2.45, 2.75) is 39.5 Å². The predicted octanol–water partition coefficient (Wildman–Crippen LogP) is 3.32. The molecule has 132 valence electrons. The van der Waals surface area contributed by atoms with Gasteiger partial charge >= 0.3 is 5.97 Å². The summed E-state index contributed by atoms with van der Waals surface area (Å²) in [5.41, 5.74) is 3.48. The van der Waals surface area contributed by atoms with E-state index >= 15 is 0 Å². The third kappa shape index (κ3) is 3.73. The molecule has 2 aromatic rings. The van der Waals surface area contributed by atoms with Gasteiger partial charge in [0.25, 0.3) is 0 Å². The van der Waals surface area contributed by atoms with E-state index in [1.54, 1.807) is 0 Å². The lowest BCUT2D eigenvalue weighted by molar-refractivity contribution is -0.143. The van der Waals surface area contributed by atoms with E-state index in [2.05, 4.69) is 10.4 Å². The highest BCUT2D eigenvalue weighted by atomic mass is 16.4. The monoisotopic (exact) mass is 341 g/mol. The Labute approximate surface area is 146 Å². The van der Waals surface area contributed by atoms with Gasteiger partial charge in [-0.15, -0.1) is 0 Å². The van der Waals surface area contributed by atoms with Crippen molar-refractivity contribution in [1.82, 2.24) is 9.78 Å². The number of amides is 1. The maximum absolute atomic E-state index is 12.6. The van der Waals surface area contributed by atoms with Gasteiger partial charge in [0.2, 0.25) is 5.91 Å². The highest BCUT2D eigenvalue weighted by Crippen LogP contribution is 2.30. The van der Waals surface area contributed by atoms with Crippen LogP contribution in [0, 0.1) is 25.7 Å². The minimum absolute atomic E-state index is 0.0437. The van der Waals surface area contributed by atoms with Crippen LogP contribution in [0.3, 0.4) is 0 Å². The van der Waals surface area contributed by atoms with Crippen LogP contribution in [-0.2, 0) is 9.59 Å². The quantitative estimate of drug-likeness (QED) is 0.893. The number of carboxylic acid groups (broad SMARTS) is 1. The Kier molecular flexibility index (Phi) is 4.88. The number of rotatable bonds is 4. The molecule has 1 aliphatic rings. The molecule has 0 saturated heterocycles. The van der Waals surface area contributed by atoms with Crippen molar-refractivity contribution < 1.29 is 14.7 Å². The fraction of sp³-hybridized carbons (Fsp3) is 0.421. The molecular formula is C19H23N3O3. The van der Waals surface area contributed by atoms with Crippen molar-refractivity contribution in [2.24, 2.45) is 11.8 Å². The summed E-state index contributed by atoms with van der Waals surface area (Å²) in [7, 11) is 0. The van der Waals surface area contributed by atoms with E-state index in [9.17, 15) is 9.59 Å². The van der Waals surface area contributed by atoms with E-state index in [0.29, 0.717) is 25.7 Å². The number of aliphatic carboxylic acids is 1. The number of carbonyl (C=O) groups excluding carboxylic acids is 1. The molecule has 0 spiro atoms. The molecule has 25 heavy (non-hydrogen) atoms. The van der Waals surface area contributed by atoms with Crippen LogP contribution >= 0.6 is 0 Å². The number of nitrogens with zero attached hydrogens (tertiary/aromatic N) is 2. The minimum Gasteiger partial charge on any atom is -0.481 e. The number of nitrogens with one attached hydrogen (secondary N) is 1. The third-order valence-corrected chi connectivity index (χ3v) is 4.85. The molecule has 1 aromatic heterocycles. The first kappa shape index (κ1) is 17.2. The van der Waals surface area contributed by atoms with Gasteiger partial charge in [-0.05, 0) is 57.7 Å². The zero-order valence-electron chi connectivity index (χ0n) is 14.5. The van der Waals surface area contributed by atoms with Gasteiger partial charge in [-0.1, -0.05) is 12.1 Å². The number of anilines is 1. The van der Waals surface area contributed by atoms with Gasteiger partial charge < -0.3 is 10.4 Å². The summed E-state index contributed by atoms with van der Waals surface area (Å²) in [6.07, 6.45) is 2.36. The standard InChI is InChI=1S/C19H23N3O3/c1-12-11-13(2)22(21-12)17-6-4-3-5-16(17)20-18(23)14-7-9-15(10-8-14)19(24)25/h3-6,11,14-15H,7-10H2,1-2H3,(H,20,23)(H,24,25). The average molecular weight is 341 g/mol. The van der Waals surface area contributed by atoms with Crippen LogP contribution in [0.5, 0.6) is 0 Å². The molecule has 6 nitrogen and oxygen atoms in total. The first-order valence-corrected chi connectivity index (χ1v) is 8.62. The minimum atomic E-state index is -0.756. The number of para-hydroxylation sites is 2. The number of carbonyl (C=O) groups is 2. The molecule has 1 amide bonds. The second kappa shape index (κ2) is 7.09. The Morgan fingerprint density at radius 3 is 2.36 bits per heavy atom. The summed E-state index contributed by atoms with van der Waals surface area (Å²) in [5.74, 6) is -1.25. The second-order valence-corrected chi connectivity index (χ2v) is 6.73. The lowest BCUT2D eigenvalue weighted by atomic mass is 9.81. The smallest absolute Gasteiger partial charge is 0.306 e. The summed E-state index contributed by atoms with van der Waals surface area (Å²) < 4.78 is 1.83. The Hall–Kier alpha value is -2.63. The van der Waals surface area contributed by atoms with E-state index in [-0.39, 0.29) is 17.7 Å². The zero-order valence-corrected chi connectivity index (χ0v) is 14.5. The van der Waals surface area contributed by atoms with Crippen LogP contribution < -0.4 is 5.32 Å². The van der Waals surface area contributed by atoms with Crippen molar-refractivity contribution in [1.29, 1.82) is 0 Å². The fourth-order valence-electron chi connectivity index (χ4n) is 3.47. The summed E-state index contributed by atoms with van der Waals surface area (Å²) in [4.78, 5) is 23.7. The molecule has 0 atom stereocenters. The lowest BCUT2D eigenvalue weighted by Crippen LogP contribution is -2.29. The van der Waals surface area contributed by atoms with E-state index in [1.165, 1.54) is 0 Å². The van der Waals surface area contributed by atoms with Crippen LogP contribution in [0.1, 0.15) is 37.1 Å². The second-order valence-electron chi connectivity index (χ2n) is 6.73. The van der Waals surface area contributed by atoms with Gasteiger partial charge in [-0.3, -0.25) is 9.59 Å². The number of carboxylic acids is 1. The van der Waals surface area contributed by atoms with Gasteiger partial charge in [0.05, 0.1) is 23.0 Å². The highest BCUT2D eigenvalue weighted by Gasteiger charge is 2.30. The molecule has 1 aromatic carbocycles. The topological polar surface area (TPSA) is 84.2 Å². The molecule has 1 fully saturated rings. The van der Waals surface area contributed by atoms with E-state index in [0.717, 1.165) is 22.8 Å². The Morgan fingerprint density at radius 2 is 1.76 bits per heavy atom. The fourth-order valence-corrected chi connectivity index (χ4v) is 3.47. The largest absolute Gasteiger partial charge is 0.481 e. The molecule has 0 unspecified atom stereocenters. The average Bonchev–Trinajstić information content (AvgIpc) is 2.93. The van der Waals surface area contributed by atoms with Crippen LogP contribution in [0.25, 0.3) is 5.69 Å². The van der Waals surface area contributed by atoms with Crippen LogP contribution in [0.15, 0.2) is 30.3 Å². The van der Waals surface area contributed by atoms with E-state index in [4.69, 9.17) is 5.11 Å². The van der Waals surface area contributed by atoms with Gasteiger partial charge in [0.1, 0.15) is 0 Å². The van der Waals surface area contributed by atoms with Gasteiger partial charge in [-0.2, -0.15) is 5.10 Å². The molecule has 1 saturated carbocycles. The molecule has 1 aliphatic carbocycles. The lowest BCUT2D eigenvalue weighted by Gasteiger charge is -2.25. The Balaban J connectivity index is 1.75. The number of hydrogen-bond acceptors (Lipinski definition) is 3. The van der Waals surface area contributed by atoms with E-state index in [1.807, 2.05) is 48.9 Å². The molecule has 0 radical (unpaired) electrons. The summed E-state index contributed by atoms with van der Waals surface area (Å²) in [6, 6.07) is 9.58. The predicted molar refractivity (Wildman–Crippen MR) is 94.8 cm³/mol. The number of hydrogen-bond donors (Lipinski definition) is 2. The SMILES string of the molecule is Cc1cc(C)n(-c2ccccc2NC(=O)C2CCC(C(=O)O)CC2)n1. The number of benzene rings is 1. The highest BCUT2D eigenvalue weighted by molar-refractivity contribution is 5.94. The molecule has 2 N–H and O–H groups in total. The maximum Gasteiger partial charge on any atom is 0.306 e. The normalized spacial score (nSPS) is 20.2. The van der Waals surface area contributed by atoms with Crippen molar-refractivity contribution in [3.05, 3.63) is 41.7 Å².